The molecule has 1 aliphatic heterocycles. The molecule has 0 aromatic carbocycles. The van der Waals surface area contributed by atoms with E-state index in [1.54, 1.807) is 4.90 Å². The number of hydrogen-bond acceptors (Lipinski definition) is 3. The molecule has 1 rings (SSSR count). The molecular formula is C7H13N2O-. The van der Waals surface area contributed by atoms with Crippen LogP contribution in [0.3, 0.4) is 0 Å². The summed E-state index contributed by atoms with van der Waals surface area (Å²) in [5.74, 6) is 0. The van der Waals surface area contributed by atoms with E-state index in [0.717, 1.165) is 6.54 Å². The van der Waals surface area contributed by atoms with Gasteiger partial charge in [0.15, 0.2) is 0 Å². The Morgan fingerprint density at radius 1 is 1.50 bits per heavy atom. The minimum atomic E-state index is -0.0625. The monoisotopic (exact) mass is 141 g/mol. The minimum absolute atomic E-state index is 0.0584. The summed E-state index contributed by atoms with van der Waals surface area (Å²) in [5, 5.41) is 11.0. The van der Waals surface area contributed by atoms with Crippen LogP contribution in [0, 0.1) is 0 Å². The maximum Gasteiger partial charge on any atom is 0.0575 e. The van der Waals surface area contributed by atoms with Gasteiger partial charge in [-0.3, -0.25) is 4.99 Å². The third-order valence-electron chi connectivity index (χ3n) is 1.61. The molecule has 0 fully saturated rings. The number of hydrogen-bond donors (Lipinski definition) is 0. The fraction of sp³-hybridized carbons (Fsp3) is 0.857. The summed E-state index contributed by atoms with van der Waals surface area (Å²) >= 11 is 0. The van der Waals surface area contributed by atoms with E-state index in [4.69, 9.17) is 0 Å². The van der Waals surface area contributed by atoms with Crippen molar-refractivity contribution in [2.75, 3.05) is 13.1 Å². The van der Waals surface area contributed by atoms with Crippen molar-refractivity contribution in [2.45, 2.75) is 26.3 Å². The first-order valence-corrected chi connectivity index (χ1v) is 3.51. The fourth-order valence-electron chi connectivity index (χ4n) is 1.05. The molecule has 0 amide bonds. The van der Waals surface area contributed by atoms with Gasteiger partial charge in [0.1, 0.15) is 0 Å². The first-order chi connectivity index (χ1) is 4.52. The Morgan fingerprint density at radius 3 is 2.30 bits per heavy atom. The number of amidine groups is 1. The molecule has 0 aromatic heterocycles. The molecule has 10 heavy (non-hydrogen) atoms. The highest BCUT2D eigenvalue weighted by molar-refractivity contribution is 5.71. The van der Waals surface area contributed by atoms with E-state index in [0.29, 0.717) is 6.54 Å². The Kier molecular flexibility index (Phi) is 1.58. The van der Waals surface area contributed by atoms with Crippen LogP contribution in [-0.4, -0.2) is 29.6 Å². The summed E-state index contributed by atoms with van der Waals surface area (Å²) in [4.78, 5) is 5.56. The molecule has 1 heterocycles. The second-order valence-electron chi connectivity index (χ2n) is 3.49. The summed E-state index contributed by atoms with van der Waals surface area (Å²) in [6.45, 7) is 7.50. The Balaban J connectivity index is 2.67. The van der Waals surface area contributed by atoms with E-state index in [1.165, 1.54) is 0 Å². The zero-order valence-corrected chi connectivity index (χ0v) is 6.72. The lowest BCUT2D eigenvalue weighted by atomic mass is 10.1. The van der Waals surface area contributed by atoms with Crippen LogP contribution < -0.4 is 5.11 Å². The van der Waals surface area contributed by atoms with Crippen molar-refractivity contribution >= 4 is 6.02 Å². The molecule has 3 heteroatoms. The highest BCUT2D eigenvalue weighted by Crippen LogP contribution is 2.14. The van der Waals surface area contributed by atoms with Crippen LogP contribution in [0.1, 0.15) is 20.8 Å². The van der Waals surface area contributed by atoms with Gasteiger partial charge in [-0.2, -0.15) is 0 Å². The average Bonchev–Trinajstić information content (AvgIpc) is 2.11. The predicted octanol–water partition coefficient (Wildman–Crippen LogP) is -0.183. The van der Waals surface area contributed by atoms with E-state index in [2.05, 4.69) is 4.99 Å². The Bertz CT molecular complexity index is 157. The molecule has 3 nitrogen and oxygen atoms in total. The van der Waals surface area contributed by atoms with E-state index in [-0.39, 0.29) is 11.6 Å². The van der Waals surface area contributed by atoms with Crippen LogP contribution in [0.2, 0.25) is 0 Å². The molecule has 0 unspecified atom stereocenters. The molecule has 0 aromatic rings. The Morgan fingerprint density at radius 2 is 2.10 bits per heavy atom. The molecule has 0 aliphatic carbocycles. The topological polar surface area (TPSA) is 38.7 Å². The summed E-state index contributed by atoms with van der Waals surface area (Å²) in [5.41, 5.74) is -0.0584. The number of rotatable bonds is 0. The normalized spacial score (nSPS) is 19.5. The van der Waals surface area contributed by atoms with Crippen molar-refractivity contribution in [3.63, 3.8) is 0 Å². The van der Waals surface area contributed by atoms with Crippen LogP contribution in [-0.2, 0) is 0 Å². The van der Waals surface area contributed by atoms with E-state index in [9.17, 15) is 5.11 Å². The van der Waals surface area contributed by atoms with Crippen LogP contribution in [0.5, 0.6) is 0 Å². The van der Waals surface area contributed by atoms with Crippen LogP contribution >= 0.6 is 0 Å². The Labute approximate surface area is 61.4 Å². The quantitative estimate of drug-likeness (QED) is 0.469. The van der Waals surface area contributed by atoms with E-state index in [1.807, 2.05) is 20.8 Å². The lowest BCUT2D eigenvalue weighted by Crippen LogP contribution is -2.48. The first kappa shape index (κ1) is 7.38. The van der Waals surface area contributed by atoms with Gasteiger partial charge in [-0.15, -0.1) is 0 Å². The van der Waals surface area contributed by atoms with Crippen molar-refractivity contribution in [1.29, 1.82) is 0 Å². The van der Waals surface area contributed by atoms with Gasteiger partial charge in [-0.05, 0) is 20.8 Å². The smallest absolute Gasteiger partial charge is 0.0575 e. The second kappa shape index (κ2) is 2.15. The predicted molar refractivity (Wildman–Crippen MR) is 38.8 cm³/mol. The molecule has 58 valence electrons. The van der Waals surface area contributed by atoms with Crippen molar-refractivity contribution in [3.05, 3.63) is 0 Å². The zero-order valence-electron chi connectivity index (χ0n) is 6.72. The van der Waals surface area contributed by atoms with Crippen molar-refractivity contribution < 1.29 is 5.11 Å². The van der Waals surface area contributed by atoms with Gasteiger partial charge in [0.2, 0.25) is 0 Å². The molecule has 0 atom stereocenters. The lowest BCUT2D eigenvalue weighted by Gasteiger charge is -2.36. The third kappa shape index (κ3) is 1.23. The van der Waals surface area contributed by atoms with E-state index >= 15 is 0 Å². The lowest BCUT2D eigenvalue weighted by molar-refractivity contribution is -0.236. The van der Waals surface area contributed by atoms with Crippen molar-refractivity contribution in [1.82, 2.24) is 4.90 Å². The van der Waals surface area contributed by atoms with Gasteiger partial charge in [0.05, 0.1) is 12.6 Å². The average molecular weight is 141 g/mol. The SMILES string of the molecule is CC(C)(C)N1CCN=C1[O-]. The number of nitrogens with zero attached hydrogens (tertiary/aromatic N) is 2. The van der Waals surface area contributed by atoms with Gasteiger partial charge >= 0.3 is 0 Å². The zero-order chi connectivity index (χ0) is 7.78. The standard InChI is InChI=1S/C7H14N2O/c1-7(2,3)9-5-4-8-6(9)10/h4-5H2,1-3H3,(H,8,10)/p-1. The van der Waals surface area contributed by atoms with E-state index < -0.39 is 0 Å². The summed E-state index contributed by atoms with van der Waals surface area (Å²) < 4.78 is 0. The molecule has 0 radical (unpaired) electrons. The van der Waals surface area contributed by atoms with Crippen LogP contribution in [0.15, 0.2) is 4.99 Å². The molecule has 0 spiro atoms. The molecule has 1 aliphatic rings. The van der Waals surface area contributed by atoms with Crippen molar-refractivity contribution in [3.8, 4) is 0 Å². The summed E-state index contributed by atoms with van der Waals surface area (Å²) in [6.07, 6.45) is 0. The highest BCUT2D eigenvalue weighted by atomic mass is 16.3. The highest BCUT2D eigenvalue weighted by Gasteiger charge is 2.22. The molecule has 0 bridgehead atoms. The van der Waals surface area contributed by atoms with Gasteiger partial charge in [0.25, 0.3) is 0 Å². The van der Waals surface area contributed by atoms with Crippen molar-refractivity contribution in [2.24, 2.45) is 4.99 Å². The Hall–Kier alpha value is -0.730. The van der Waals surface area contributed by atoms with Crippen LogP contribution in [0.25, 0.3) is 0 Å². The maximum absolute atomic E-state index is 11.0. The number of aliphatic imine (C=N–C) groups is 1. The molecular weight excluding hydrogens is 128 g/mol. The summed E-state index contributed by atoms with van der Waals surface area (Å²) in [7, 11) is 0. The first-order valence-electron chi connectivity index (χ1n) is 3.51. The van der Waals surface area contributed by atoms with Gasteiger partial charge in [0, 0.05) is 12.1 Å². The second-order valence-corrected chi connectivity index (χ2v) is 3.49. The van der Waals surface area contributed by atoms with Gasteiger partial charge in [-0.1, -0.05) is 0 Å². The molecule has 0 N–H and O–H groups in total. The fourth-order valence-corrected chi connectivity index (χ4v) is 1.05. The largest absolute Gasteiger partial charge is 0.846 e. The summed E-state index contributed by atoms with van der Waals surface area (Å²) in [6, 6.07) is -0.0625. The van der Waals surface area contributed by atoms with Gasteiger partial charge in [-0.25, -0.2) is 0 Å². The molecule has 0 saturated heterocycles. The van der Waals surface area contributed by atoms with Gasteiger partial charge < -0.3 is 10.0 Å². The molecule has 0 saturated carbocycles. The third-order valence-corrected chi connectivity index (χ3v) is 1.61. The van der Waals surface area contributed by atoms with Crippen LogP contribution in [0.4, 0.5) is 0 Å². The maximum atomic E-state index is 11.0. The minimum Gasteiger partial charge on any atom is -0.846 e.